The summed E-state index contributed by atoms with van der Waals surface area (Å²) >= 11 is 6.10. The van der Waals surface area contributed by atoms with Gasteiger partial charge >= 0.3 is 0 Å². The lowest BCUT2D eigenvalue weighted by Gasteiger charge is -2.24. The van der Waals surface area contributed by atoms with Crippen molar-refractivity contribution in [3.63, 3.8) is 0 Å². The second kappa shape index (κ2) is 5.74. The van der Waals surface area contributed by atoms with Crippen molar-refractivity contribution in [1.29, 1.82) is 0 Å². The van der Waals surface area contributed by atoms with Gasteiger partial charge in [-0.2, -0.15) is 0 Å². The fourth-order valence-electron chi connectivity index (χ4n) is 1.97. The first-order valence-electron chi connectivity index (χ1n) is 5.94. The molecule has 2 aromatic rings. The van der Waals surface area contributed by atoms with Crippen LogP contribution in [0.5, 0.6) is 0 Å². The molecule has 2 aromatic heterocycles. The molecule has 0 aromatic carbocycles. The zero-order valence-corrected chi connectivity index (χ0v) is 11.7. The summed E-state index contributed by atoms with van der Waals surface area (Å²) in [5, 5.41) is 10.3. The van der Waals surface area contributed by atoms with Crippen molar-refractivity contribution in [3.8, 4) is 0 Å². The highest BCUT2D eigenvalue weighted by molar-refractivity contribution is 6.36. The minimum atomic E-state index is -1.22. The van der Waals surface area contributed by atoms with Crippen LogP contribution in [-0.2, 0) is 16.1 Å². The molecule has 0 radical (unpaired) electrons. The number of fused-ring (bicyclic) bond motifs is 1. The Morgan fingerprint density at radius 3 is 2.95 bits per heavy atom. The van der Waals surface area contributed by atoms with E-state index in [2.05, 4.69) is 9.97 Å². The number of aldehydes is 1. The molecule has 1 atom stereocenters. The third kappa shape index (κ3) is 2.47. The number of carbonyl (C=O) groups is 1. The maximum absolute atomic E-state index is 11.1. The molecule has 0 aliphatic rings. The summed E-state index contributed by atoms with van der Waals surface area (Å²) in [6.45, 7) is 0.00384. The van der Waals surface area contributed by atoms with Crippen LogP contribution >= 0.6 is 11.6 Å². The summed E-state index contributed by atoms with van der Waals surface area (Å²) in [6.07, 6.45) is 3.90. The number of nitrogen functional groups attached to an aromatic ring is 1. The smallest absolute Gasteiger partial charge is 0.154 e. The fourth-order valence-corrected chi connectivity index (χ4v) is 2.27. The van der Waals surface area contributed by atoms with Crippen molar-refractivity contribution < 1.29 is 14.6 Å². The molecule has 0 spiro atoms. The van der Waals surface area contributed by atoms with Gasteiger partial charge in [-0.05, 0) is 0 Å². The largest absolute Gasteiger partial charge is 0.393 e. The van der Waals surface area contributed by atoms with Crippen molar-refractivity contribution in [2.24, 2.45) is 0 Å². The van der Waals surface area contributed by atoms with E-state index in [9.17, 15) is 9.90 Å². The number of ether oxygens (including phenoxy) is 1. The number of methoxy groups -OCH3 is 1. The summed E-state index contributed by atoms with van der Waals surface area (Å²) in [4.78, 5) is 19.1. The Kier molecular flexibility index (Phi) is 4.22. The van der Waals surface area contributed by atoms with Gasteiger partial charge in [0.2, 0.25) is 0 Å². The van der Waals surface area contributed by atoms with E-state index in [0.29, 0.717) is 34.7 Å². The number of rotatable bonds is 6. The first-order chi connectivity index (χ1) is 9.56. The molecule has 3 N–H and O–H groups in total. The molecule has 0 aliphatic carbocycles. The van der Waals surface area contributed by atoms with Crippen LogP contribution in [0.15, 0.2) is 12.5 Å². The van der Waals surface area contributed by atoms with E-state index in [1.165, 1.54) is 13.4 Å². The van der Waals surface area contributed by atoms with E-state index in [1.54, 1.807) is 10.8 Å². The number of aryl methyl sites for hydroxylation is 1. The average molecular weight is 299 g/mol. The van der Waals surface area contributed by atoms with Gasteiger partial charge in [-0.3, -0.25) is 0 Å². The molecule has 0 aliphatic heterocycles. The number of anilines is 1. The summed E-state index contributed by atoms with van der Waals surface area (Å²) < 4.78 is 6.83. The van der Waals surface area contributed by atoms with Crippen LogP contribution in [0.4, 0.5) is 5.82 Å². The van der Waals surface area contributed by atoms with Crippen molar-refractivity contribution in [2.45, 2.75) is 18.6 Å². The molecule has 20 heavy (non-hydrogen) atoms. The molecular formula is C12H15ClN4O3. The summed E-state index contributed by atoms with van der Waals surface area (Å²) in [6, 6.07) is 0. The average Bonchev–Trinajstić information content (AvgIpc) is 2.79. The van der Waals surface area contributed by atoms with E-state index in [1.807, 2.05) is 0 Å². The molecule has 0 bridgehead atoms. The van der Waals surface area contributed by atoms with Crippen LogP contribution in [0.25, 0.3) is 11.0 Å². The lowest BCUT2D eigenvalue weighted by molar-refractivity contribution is -0.134. The van der Waals surface area contributed by atoms with Crippen molar-refractivity contribution in [1.82, 2.24) is 14.5 Å². The van der Waals surface area contributed by atoms with Crippen LogP contribution in [-0.4, -0.2) is 45.2 Å². The Hall–Kier alpha value is -1.70. The summed E-state index contributed by atoms with van der Waals surface area (Å²) in [7, 11) is 1.38. The first kappa shape index (κ1) is 14.7. The number of nitrogens with two attached hydrogens (primary N) is 1. The highest BCUT2D eigenvalue weighted by atomic mass is 35.5. The normalized spacial score (nSPS) is 14.3. The zero-order chi connectivity index (χ0) is 14.8. The van der Waals surface area contributed by atoms with E-state index in [4.69, 9.17) is 22.1 Å². The quantitative estimate of drug-likeness (QED) is 0.758. The number of hydrogen-bond acceptors (Lipinski definition) is 6. The van der Waals surface area contributed by atoms with Gasteiger partial charge in [0, 0.05) is 26.3 Å². The molecule has 0 fully saturated rings. The Labute approximate surface area is 120 Å². The van der Waals surface area contributed by atoms with Crippen molar-refractivity contribution in [3.05, 3.63) is 17.5 Å². The molecule has 7 nitrogen and oxygen atoms in total. The lowest BCUT2D eigenvalue weighted by Crippen LogP contribution is -2.38. The highest BCUT2D eigenvalue weighted by Crippen LogP contribution is 2.28. The van der Waals surface area contributed by atoms with E-state index < -0.39 is 12.2 Å². The van der Waals surface area contributed by atoms with Gasteiger partial charge in [0.15, 0.2) is 6.29 Å². The number of aliphatic hydroxyl groups is 1. The van der Waals surface area contributed by atoms with Gasteiger partial charge < -0.3 is 24.9 Å². The van der Waals surface area contributed by atoms with E-state index in [0.717, 1.165) is 0 Å². The number of aliphatic hydroxyl groups excluding tert-OH is 1. The lowest BCUT2D eigenvalue weighted by atomic mass is 10.0. The van der Waals surface area contributed by atoms with Gasteiger partial charge in [-0.15, -0.1) is 0 Å². The van der Waals surface area contributed by atoms with Crippen LogP contribution in [0, 0.1) is 0 Å². The maximum atomic E-state index is 11.1. The molecule has 2 rings (SSSR count). The second-order valence-electron chi connectivity index (χ2n) is 4.42. The Balaban J connectivity index is 2.31. The second-order valence-corrected chi connectivity index (χ2v) is 4.83. The topological polar surface area (TPSA) is 103 Å². The molecule has 108 valence electrons. The van der Waals surface area contributed by atoms with Crippen LogP contribution in [0.3, 0.4) is 0 Å². The summed E-state index contributed by atoms with van der Waals surface area (Å²) in [5.74, 6) is 0.300. The molecule has 2 heterocycles. The number of carbonyl (C=O) groups excluding carboxylic acids is 1. The number of aromatic nitrogens is 3. The first-order valence-corrected chi connectivity index (χ1v) is 6.32. The molecule has 0 unspecified atom stereocenters. The minimum Gasteiger partial charge on any atom is -0.393 e. The van der Waals surface area contributed by atoms with Crippen LogP contribution in [0.2, 0.25) is 5.02 Å². The van der Waals surface area contributed by atoms with Gasteiger partial charge in [0.05, 0.1) is 17.0 Å². The van der Waals surface area contributed by atoms with Gasteiger partial charge in [0.25, 0.3) is 0 Å². The fraction of sp³-hybridized carbons (Fsp3) is 0.417. The van der Waals surface area contributed by atoms with Gasteiger partial charge in [-0.1, -0.05) is 11.6 Å². The predicted octanol–water partition coefficient (Wildman–Crippen LogP) is 0.633. The number of nitrogens with zero attached hydrogens (tertiary/aromatic N) is 3. The third-order valence-corrected chi connectivity index (χ3v) is 3.59. The minimum absolute atomic E-state index is 0.285. The van der Waals surface area contributed by atoms with Gasteiger partial charge in [0.1, 0.15) is 23.4 Å². The monoisotopic (exact) mass is 298 g/mol. The van der Waals surface area contributed by atoms with E-state index >= 15 is 0 Å². The third-order valence-electron chi connectivity index (χ3n) is 3.30. The Bertz CT molecular complexity index is 624. The predicted molar refractivity (Wildman–Crippen MR) is 74.5 cm³/mol. The Morgan fingerprint density at radius 1 is 1.60 bits per heavy atom. The van der Waals surface area contributed by atoms with Crippen molar-refractivity contribution >= 4 is 34.7 Å². The standard InChI is InChI=1S/C12H15ClN4O3/c1-20-12(5-18,6-19)2-3-17-4-8(13)9-10(14)15-7-16-11(9)17/h4-5,7,19H,2-3,6H2,1H3,(H2,14,15,16)/t12-/m1/s1. The van der Waals surface area contributed by atoms with E-state index in [-0.39, 0.29) is 6.42 Å². The number of halogens is 1. The zero-order valence-electron chi connectivity index (χ0n) is 10.9. The molecule has 8 heteroatoms. The van der Waals surface area contributed by atoms with Crippen LogP contribution < -0.4 is 5.73 Å². The summed E-state index contributed by atoms with van der Waals surface area (Å²) in [5.41, 5.74) is 5.12. The van der Waals surface area contributed by atoms with Crippen LogP contribution in [0.1, 0.15) is 6.42 Å². The molecular weight excluding hydrogens is 284 g/mol. The molecule has 0 saturated heterocycles. The Morgan fingerprint density at radius 2 is 2.35 bits per heavy atom. The van der Waals surface area contributed by atoms with Crippen molar-refractivity contribution in [2.75, 3.05) is 19.5 Å². The number of hydrogen-bond donors (Lipinski definition) is 2. The highest BCUT2D eigenvalue weighted by Gasteiger charge is 2.28. The maximum Gasteiger partial charge on any atom is 0.154 e. The molecule has 0 amide bonds. The van der Waals surface area contributed by atoms with Gasteiger partial charge in [-0.25, -0.2) is 9.97 Å². The SMILES string of the molecule is CO[C@](C=O)(CO)CCn1cc(Cl)c2c(N)ncnc21. The molecule has 0 saturated carbocycles.